The largest absolute Gasteiger partial charge is 0.466 e. The summed E-state index contributed by atoms with van der Waals surface area (Å²) >= 11 is 0. The zero-order valence-corrected chi connectivity index (χ0v) is 10.1. The minimum Gasteiger partial charge on any atom is -0.466 e. The second-order valence-corrected chi connectivity index (χ2v) is 4.34. The molecule has 0 heterocycles. The molecule has 1 aliphatic rings. The summed E-state index contributed by atoms with van der Waals surface area (Å²) in [5.74, 6) is 0.573. The molecule has 4 heteroatoms. The minimum atomic E-state index is -0.106. The quantitative estimate of drug-likeness (QED) is 0.740. The van der Waals surface area contributed by atoms with Crippen LogP contribution in [0, 0.1) is 11.8 Å². The Kier molecular flexibility index (Phi) is 5.29. The Morgan fingerprint density at radius 3 is 2.38 bits per heavy atom. The monoisotopic (exact) mass is 227 g/mol. The number of esters is 1. The lowest BCUT2D eigenvalue weighted by molar-refractivity contribution is -0.144. The number of carbonyl (C=O) groups is 2. The normalized spacial score (nSPS) is 24.9. The van der Waals surface area contributed by atoms with Gasteiger partial charge >= 0.3 is 5.97 Å². The Labute approximate surface area is 96.7 Å². The third kappa shape index (κ3) is 3.83. The van der Waals surface area contributed by atoms with E-state index in [9.17, 15) is 9.59 Å². The van der Waals surface area contributed by atoms with Crippen molar-refractivity contribution in [3.8, 4) is 0 Å². The second-order valence-electron chi connectivity index (χ2n) is 4.34. The maximum absolute atomic E-state index is 11.4. The first-order valence-corrected chi connectivity index (χ1v) is 6.04. The van der Waals surface area contributed by atoms with E-state index in [4.69, 9.17) is 4.74 Å². The van der Waals surface area contributed by atoms with Crippen molar-refractivity contribution >= 4 is 11.9 Å². The Morgan fingerprint density at radius 1 is 1.25 bits per heavy atom. The van der Waals surface area contributed by atoms with Crippen molar-refractivity contribution in [2.24, 2.45) is 11.8 Å². The molecule has 0 spiro atoms. The van der Waals surface area contributed by atoms with E-state index in [1.165, 1.54) is 0 Å². The van der Waals surface area contributed by atoms with Crippen LogP contribution in [-0.4, -0.2) is 25.5 Å². The van der Waals surface area contributed by atoms with Crippen molar-refractivity contribution < 1.29 is 14.3 Å². The van der Waals surface area contributed by atoms with Gasteiger partial charge in [-0.2, -0.15) is 0 Å². The highest BCUT2D eigenvalue weighted by molar-refractivity contribution is 5.78. The topological polar surface area (TPSA) is 55.4 Å². The molecule has 1 fully saturated rings. The Balaban J connectivity index is 2.26. The van der Waals surface area contributed by atoms with Crippen LogP contribution >= 0.6 is 0 Å². The van der Waals surface area contributed by atoms with Crippen LogP contribution in [-0.2, 0) is 14.3 Å². The van der Waals surface area contributed by atoms with Gasteiger partial charge in [0.05, 0.1) is 6.61 Å². The predicted molar refractivity (Wildman–Crippen MR) is 60.8 cm³/mol. The summed E-state index contributed by atoms with van der Waals surface area (Å²) < 4.78 is 4.92. The first kappa shape index (κ1) is 13.0. The van der Waals surface area contributed by atoms with Crippen molar-refractivity contribution in [1.82, 2.24) is 5.32 Å². The standard InChI is InChI=1S/C12H21NO3/c1-3-16-11(14)8-9-4-6-10(7-5-9)12(15)13-2/h9-10H,3-8H2,1-2H3,(H,13,15). The molecule has 1 rings (SSSR count). The van der Waals surface area contributed by atoms with Crippen LogP contribution in [0.25, 0.3) is 0 Å². The van der Waals surface area contributed by atoms with Crippen LogP contribution in [0.15, 0.2) is 0 Å². The number of nitrogens with one attached hydrogen (secondary N) is 1. The highest BCUT2D eigenvalue weighted by Crippen LogP contribution is 2.31. The molecule has 0 radical (unpaired) electrons. The number of hydrogen-bond donors (Lipinski definition) is 1. The summed E-state index contributed by atoms with van der Waals surface area (Å²) in [4.78, 5) is 22.7. The fraction of sp³-hybridized carbons (Fsp3) is 0.833. The molecule has 0 unspecified atom stereocenters. The molecule has 1 saturated carbocycles. The molecule has 1 aliphatic carbocycles. The van der Waals surface area contributed by atoms with Gasteiger partial charge in [0, 0.05) is 19.4 Å². The van der Waals surface area contributed by atoms with Crippen LogP contribution in [0.4, 0.5) is 0 Å². The van der Waals surface area contributed by atoms with Crippen LogP contribution in [0.3, 0.4) is 0 Å². The first-order chi connectivity index (χ1) is 7.67. The van der Waals surface area contributed by atoms with E-state index in [2.05, 4.69) is 5.32 Å². The Hall–Kier alpha value is -1.06. The van der Waals surface area contributed by atoms with Crippen molar-refractivity contribution in [3.63, 3.8) is 0 Å². The summed E-state index contributed by atoms with van der Waals surface area (Å²) in [6, 6.07) is 0. The second kappa shape index (κ2) is 6.51. The van der Waals surface area contributed by atoms with Gasteiger partial charge < -0.3 is 10.1 Å². The van der Waals surface area contributed by atoms with Crippen LogP contribution in [0.5, 0.6) is 0 Å². The molecule has 0 aliphatic heterocycles. The van der Waals surface area contributed by atoms with E-state index in [0.29, 0.717) is 18.9 Å². The highest BCUT2D eigenvalue weighted by Gasteiger charge is 2.26. The van der Waals surface area contributed by atoms with Gasteiger partial charge in [0.25, 0.3) is 0 Å². The molecule has 4 nitrogen and oxygen atoms in total. The van der Waals surface area contributed by atoms with Gasteiger partial charge in [-0.3, -0.25) is 9.59 Å². The zero-order valence-electron chi connectivity index (χ0n) is 10.1. The Bertz CT molecular complexity index is 245. The number of ether oxygens (including phenoxy) is 1. The first-order valence-electron chi connectivity index (χ1n) is 6.04. The van der Waals surface area contributed by atoms with Crippen LogP contribution < -0.4 is 5.32 Å². The van der Waals surface area contributed by atoms with E-state index < -0.39 is 0 Å². The highest BCUT2D eigenvalue weighted by atomic mass is 16.5. The van der Waals surface area contributed by atoms with Crippen molar-refractivity contribution in [2.45, 2.75) is 39.0 Å². The zero-order chi connectivity index (χ0) is 12.0. The number of hydrogen-bond acceptors (Lipinski definition) is 3. The van der Waals surface area contributed by atoms with Gasteiger partial charge in [-0.1, -0.05) is 0 Å². The smallest absolute Gasteiger partial charge is 0.306 e. The molecule has 0 atom stereocenters. The molecule has 0 saturated heterocycles. The lowest BCUT2D eigenvalue weighted by Crippen LogP contribution is -2.31. The number of rotatable bonds is 4. The van der Waals surface area contributed by atoms with Gasteiger partial charge in [0.2, 0.25) is 5.91 Å². The molecule has 1 N–H and O–H groups in total. The summed E-state index contributed by atoms with van der Waals surface area (Å²) in [6.45, 7) is 2.27. The Morgan fingerprint density at radius 2 is 1.88 bits per heavy atom. The third-order valence-corrected chi connectivity index (χ3v) is 3.22. The third-order valence-electron chi connectivity index (χ3n) is 3.22. The van der Waals surface area contributed by atoms with E-state index in [-0.39, 0.29) is 17.8 Å². The van der Waals surface area contributed by atoms with Crippen molar-refractivity contribution in [1.29, 1.82) is 0 Å². The average molecular weight is 227 g/mol. The molecular weight excluding hydrogens is 206 g/mol. The van der Waals surface area contributed by atoms with E-state index in [1.807, 2.05) is 6.92 Å². The van der Waals surface area contributed by atoms with Crippen LogP contribution in [0.1, 0.15) is 39.0 Å². The lowest BCUT2D eigenvalue weighted by atomic mass is 9.80. The van der Waals surface area contributed by atoms with Gasteiger partial charge in [0.1, 0.15) is 0 Å². The fourth-order valence-electron chi connectivity index (χ4n) is 2.29. The maximum Gasteiger partial charge on any atom is 0.306 e. The van der Waals surface area contributed by atoms with Gasteiger partial charge in [-0.15, -0.1) is 0 Å². The van der Waals surface area contributed by atoms with E-state index in [0.717, 1.165) is 25.7 Å². The molecule has 0 aromatic heterocycles. The molecule has 92 valence electrons. The summed E-state index contributed by atoms with van der Waals surface area (Å²) in [6.07, 6.45) is 4.20. The maximum atomic E-state index is 11.4. The number of carbonyl (C=O) groups excluding carboxylic acids is 2. The van der Waals surface area contributed by atoms with Crippen molar-refractivity contribution in [3.05, 3.63) is 0 Å². The van der Waals surface area contributed by atoms with Gasteiger partial charge in [-0.05, 0) is 38.5 Å². The number of amides is 1. The van der Waals surface area contributed by atoms with E-state index >= 15 is 0 Å². The van der Waals surface area contributed by atoms with Crippen LogP contribution in [0.2, 0.25) is 0 Å². The molecule has 16 heavy (non-hydrogen) atoms. The summed E-state index contributed by atoms with van der Waals surface area (Å²) in [7, 11) is 1.67. The van der Waals surface area contributed by atoms with Gasteiger partial charge in [0.15, 0.2) is 0 Å². The van der Waals surface area contributed by atoms with E-state index in [1.54, 1.807) is 7.05 Å². The summed E-state index contributed by atoms with van der Waals surface area (Å²) in [5.41, 5.74) is 0. The summed E-state index contributed by atoms with van der Waals surface area (Å²) in [5, 5.41) is 2.68. The average Bonchev–Trinajstić information content (AvgIpc) is 2.29. The SMILES string of the molecule is CCOC(=O)CC1CCC(C(=O)NC)CC1. The molecule has 0 aromatic carbocycles. The predicted octanol–water partition coefficient (Wildman–Crippen LogP) is 1.49. The molecule has 0 aromatic rings. The fourth-order valence-corrected chi connectivity index (χ4v) is 2.29. The molecule has 1 amide bonds. The van der Waals surface area contributed by atoms with Gasteiger partial charge in [-0.25, -0.2) is 0 Å². The lowest BCUT2D eigenvalue weighted by Gasteiger charge is -2.26. The minimum absolute atomic E-state index is 0.106. The van der Waals surface area contributed by atoms with Crippen molar-refractivity contribution in [2.75, 3.05) is 13.7 Å². The molecule has 0 bridgehead atoms. The molecular formula is C12H21NO3.